The van der Waals surface area contributed by atoms with Gasteiger partial charge in [-0.25, -0.2) is 0 Å². The maximum absolute atomic E-state index is 12.0. The first-order chi connectivity index (χ1) is 10.1. The van der Waals surface area contributed by atoms with Crippen LogP contribution in [0.3, 0.4) is 0 Å². The van der Waals surface area contributed by atoms with Gasteiger partial charge in [-0.05, 0) is 44.0 Å². The largest absolute Gasteiger partial charge is 0.320 e. The van der Waals surface area contributed by atoms with Gasteiger partial charge in [0.2, 0.25) is 5.91 Å². The average Bonchev–Trinajstić information content (AvgIpc) is 2.48. The van der Waals surface area contributed by atoms with Gasteiger partial charge in [-0.3, -0.25) is 14.9 Å². The number of rotatable bonds is 4. The lowest BCUT2D eigenvalue weighted by atomic mass is 9.94. The molecule has 21 heavy (non-hydrogen) atoms. The molecule has 1 aromatic carbocycles. The monoisotopic (exact) mass is 288 g/mol. The third kappa shape index (κ3) is 4.00. The molecule has 1 heterocycles. The van der Waals surface area contributed by atoms with Crippen LogP contribution in [-0.4, -0.2) is 23.9 Å². The van der Waals surface area contributed by atoms with E-state index in [0.29, 0.717) is 12.3 Å². The van der Waals surface area contributed by atoms with E-state index >= 15 is 0 Å². The van der Waals surface area contributed by atoms with Crippen LogP contribution < -0.4 is 10.6 Å². The molecule has 2 N–H and O–H groups in total. The number of anilines is 1. The van der Waals surface area contributed by atoms with Crippen LogP contribution in [0.1, 0.15) is 24.8 Å². The fourth-order valence-electron chi connectivity index (χ4n) is 2.41. The van der Waals surface area contributed by atoms with E-state index in [1.54, 1.807) is 0 Å². The molecule has 0 atom stereocenters. The Morgan fingerprint density at radius 3 is 2.81 bits per heavy atom. The number of piperidine rings is 1. The molecule has 1 fully saturated rings. The van der Waals surface area contributed by atoms with Crippen molar-refractivity contribution in [3.63, 3.8) is 0 Å². The number of hydrogen-bond donors (Lipinski definition) is 2. The minimum Gasteiger partial charge on any atom is -0.320 e. The van der Waals surface area contributed by atoms with Crippen LogP contribution in [-0.2, 0) is 4.79 Å². The number of nitro groups is 1. The molecule has 2 rings (SSSR count). The molecule has 0 radical (unpaired) electrons. The van der Waals surface area contributed by atoms with E-state index in [9.17, 15) is 14.9 Å². The molecule has 1 aliphatic heterocycles. The van der Waals surface area contributed by atoms with E-state index in [1.165, 1.54) is 18.2 Å². The summed E-state index contributed by atoms with van der Waals surface area (Å²) in [6, 6.07) is 5.86. The number of nitrogens with zero attached hydrogens (tertiary/aromatic N) is 2. The van der Waals surface area contributed by atoms with Crippen LogP contribution in [0.15, 0.2) is 18.2 Å². The van der Waals surface area contributed by atoms with E-state index in [2.05, 4.69) is 10.6 Å². The third-order valence-electron chi connectivity index (χ3n) is 3.53. The van der Waals surface area contributed by atoms with Gasteiger partial charge in [-0.15, -0.1) is 0 Å². The van der Waals surface area contributed by atoms with Gasteiger partial charge in [0.1, 0.15) is 5.69 Å². The molecular weight excluding hydrogens is 272 g/mol. The van der Waals surface area contributed by atoms with E-state index < -0.39 is 4.92 Å². The fourth-order valence-corrected chi connectivity index (χ4v) is 2.41. The lowest BCUT2D eigenvalue weighted by Gasteiger charge is -2.21. The number of nitrogens with one attached hydrogen (secondary N) is 2. The first kappa shape index (κ1) is 14.9. The molecule has 0 unspecified atom stereocenters. The summed E-state index contributed by atoms with van der Waals surface area (Å²) in [5, 5.41) is 25.6. The van der Waals surface area contributed by atoms with Crippen LogP contribution in [0.25, 0.3) is 0 Å². The Morgan fingerprint density at radius 1 is 1.48 bits per heavy atom. The Kier molecular flexibility index (Phi) is 4.85. The Bertz CT molecular complexity index is 588. The summed E-state index contributed by atoms with van der Waals surface area (Å²) in [4.78, 5) is 22.4. The number of amides is 1. The Morgan fingerprint density at radius 2 is 2.19 bits per heavy atom. The van der Waals surface area contributed by atoms with Crippen LogP contribution >= 0.6 is 0 Å². The van der Waals surface area contributed by atoms with Crippen molar-refractivity contribution in [2.45, 2.75) is 19.3 Å². The van der Waals surface area contributed by atoms with E-state index in [1.807, 2.05) is 6.07 Å². The van der Waals surface area contributed by atoms with Gasteiger partial charge in [0.15, 0.2) is 0 Å². The molecule has 7 heteroatoms. The lowest BCUT2D eigenvalue weighted by Crippen LogP contribution is -2.30. The Hall–Kier alpha value is -2.46. The van der Waals surface area contributed by atoms with E-state index in [4.69, 9.17) is 5.26 Å². The van der Waals surface area contributed by atoms with Crippen molar-refractivity contribution in [1.29, 1.82) is 5.26 Å². The Balaban J connectivity index is 2.06. The van der Waals surface area contributed by atoms with Gasteiger partial charge in [0.25, 0.3) is 5.69 Å². The molecule has 110 valence electrons. The standard InChI is InChI=1S/C14H16N4O3/c15-9-11-1-2-12(13(7-11)18(20)21)17-14(19)8-10-3-5-16-6-4-10/h1-2,7,10,16H,3-6,8H2,(H,17,19). The smallest absolute Gasteiger partial charge is 0.294 e. The maximum atomic E-state index is 12.0. The molecule has 0 bridgehead atoms. The van der Waals surface area contributed by atoms with Crippen molar-refractivity contribution < 1.29 is 9.72 Å². The number of nitro benzene ring substituents is 1. The molecule has 1 saturated heterocycles. The zero-order valence-electron chi connectivity index (χ0n) is 11.5. The zero-order valence-corrected chi connectivity index (χ0v) is 11.5. The summed E-state index contributed by atoms with van der Waals surface area (Å²) < 4.78 is 0. The molecule has 1 aromatic rings. The average molecular weight is 288 g/mol. The van der Waals surface area contributed by atoms with Gasteiger partial charge >= 0.3 is 0 Å². The molecular formula is C14H16N4O3. The molecule has 0 aliphatic carbocycles. The molecule has 0 saturated carbocycles. The van der Waals surface area contributed by atoms with Gasteiger partial charge in [-0.1, -0.05) is 0 Å². The van der Waals surface area contributed by atoms with E-state index in [-0.39, 0.29) is 22.8 Å². The maximum Gasteiger partial charge on any atom is 0.294 e. The minimum atomic E-state index is -0.596. The van der Waals surface area contributed by atoms with E-state index in [0.717, 1.165) is 25.9 Å². The summed E-state index contributed by atoms with van der Waals surface area (Å²) >= 11 is 0. The Labute approximate surface area is 122 Å². The highest BCUT2D eigenvalue weighted by Gasteiger charge is 2.20. The molecule has 0 spiro atoms. The molecule has 1 amide bonds. The summed E-state index contributed by atoms with van der Waals surface area (Å²) in [7, 11) is 0. The summed E-state index contributed by atoms with van der Waals surface area (Å²) in [5.41, 5.74) is 0.0729. The van der Waals surface area contributed by atoms with Crippen molar-refractivity contribution in [2.24, 2.45) is 5.92 Å². The second-order valence-corrected chi connectivity index (χ2v) is 5.05. The normalized spacial score (nSPS) is 15.2. The summed E-state index contributed by atoms with van der Waals surface area (Å²) in [6.45, 7) is 1.80. The van der Waals surface area contributed by atoms with Gasteiger partial charge in [0, 0.05) is 12.5 Å². The first-order valence-corrected chi connectivity index (χ1v) is 6.79. The van der Waals surface area contributed by atoms with Gasteiger partial charge in [-0.2, -0.15) is 5.26 Å². The zero-order chi connectivity index (χ0) is 15.2. The van der Waals surface area contributed by atoms with Crippen molar-refractivity contribution >= 4 is 17.3 Å². The minimum absolute atomic E-state index is 0.137. The first-order valence-electron chi connectivity index (χ1n) is 6.79. The summed E-state index contributed by atoms with van der Waals surface area (Å²) in [6.07, 6.45) is 2.23. The number of carbonyl (C=O) groups excluding carboxylic acids is 1. The quantitative estimate of drug-likeness (QED) is 0.648. The van der Waals surface area contributed by atoms with Crippen molar-refractivity contribution in [3.05, 3.63) is 33.9 Å². The van der Waals surface area contributed by atoms with Gasteiger partial charge in [0.05, 0.1) is 16.6 Å². The second-order valence-electron chi connectivity index (χ2n) is 5.05. The number of benzene rings is 1. The number of nitriles is 1. The van der Waals surface area contributed by atoms with Crippen LogP contribution in [0.2, 0.25) is 0 Å². The highest BCUT2D eigenvalue weighted by molar-refractivity contribution is 5.93. The van der Waals surface area contributed by atoms with Gasteiger partial charge < -0.3 is 10.6 Å². The molecule has 7 nitrogen and oxygen atoms in total. The highest BCUT2D eigenvalue weighted by atomic mass is 16.6. The lowest BCUT2D eigenvalue weighted by molar-refractivity contribution is -0.383. The van der Waals surface area contributed by atoms with Crippen LogP contribution in [0.4, 0.5) is 11.4 Å². The van der Waals surface area contributed by atoms with Crippen molar-refractivity contribution in [3.8, 4) is 6.07 Å². The summed E-state index contributed by atoms with van der Waals surface area (Å²) in [5.74, 6) is 0.0818. The molecule has 0 aromatic heterocycles. The highest BCUT2D eigenvalue weighted by Crippen LogP contribution is 2.26. The van der Waals surface area contributed by atoms with Crippen LogP contribution in [0, 0.1) is 27.4 Å². The predicted octanol–water partition coefficient (Wildman–Crippen LogP) is 1.79. The van der Waals surface area contributed by atoms with Crippen LogP contribution in [0.5, 0.6) is 0 Å². The topological polar surface area (TPSA) is 108 Å². The molecule has 1 aliphatic rings. The number of hydrogen-bond acceptors (Lipinski definition) is 5. The van der Waals surface area contributed by atoms with Crippen molar-refractivity contribution in [2.75, 3.05) is 18.4 Å². The number of carbonyl (C=O) groups is 1. The van der Waals surface area contributed by atoms with Crippen molar-refractivity contribution in [1.82, 2.24) is 5.32 Å². The second kappa shape index (κ2) is 6.81. The predicted molar refractivity (Wildman–Crippen MR) is 76.7 cm³/mol. The fraction of sp³-hybridized carbons (Fsp3) is 0.429. The third-order valence-corrected chi connectivity index (χ3v) is 3.53. The SMILES string of the molecule is N#Cc1ccc(NC(=O)CC2CCNCC2)c([N+](=O)[O-])c1.